The Labute approximate surface area is 109 Å². The minimum Gasteiger partial charge on any atom is -0.383 e. The maximum absolute atomic E-state index is 6.28. The van der Waals surface area contributed by atoms with E-state index in [0.717, 1.165) is 26.1 Å². The molecule has 0 amide bonds. The van der Waals surface area contributed by atoms with Crippen LogP contribution in [0.1, 0.15) is 31.9 Å². The van der Waals surface area contributed by atoms with Crippen molar-refractivity contribution in [2.24, 2.45) is 5.73 Å². The van der Waals surface area contributed by atoms with E-state index in [0.29, 0.717) is 6.04 Å². The highest BCUT2D eigenvalue weighted by molar-refractivity contribution is 7.07. The van der Waals surface area contributed by atoms with Crippen LogP contribution in [0.2, 0.25) is 0 Å². The van der Waals surface area contributed by atoms with Gasteiger partial charge in [0.1, 0.15) is 0 Å². The van der Waals surface area contributed by atoms with Gasteiger partial charge in [-0.05, 0) is 35.4 Å². The fraction of sp³-hybridized carbons (Fsp3) is 0.692. The SMILES string of the molecule is CCC(N)C(c1ccsc1)N(CC)CCOC. The highest BCUT2D eigenvalue weighted by Gasteiger charge is 2.24. The normalized spacial score (nSPS) is 15.1. The number of ether oxygens (including phenoxy) is 1. The van der Waals surface area contributed by atoms with Crippen molar-refractivity contribution in [1.82, 2.24) is 4.90 Å². The molecule has 98 valence electrons. The second kappa shape index (κ2) is 7.82. The van der Waals surface area contributed by atoms with Crippen LogP contribution in [0.4, 0.5) is 0 Å². The average Bonchev–Trinajstić information content (AvgIpc) is 2.87. The molecule has 0 saturated heterocycles. The van der Waals surface area contributed by atoms with Crippen LogP contribution in [0.25, 0.3) is 0 Å². The zero-order chi connectivity index (χ0) is 12.7. The highest BCUT2D eigenvalue weighted by atomic mass is 32.1. The second-order valence-electron chi connectivity index (χ2n) is 4.20. The summed E-state index contributed by atoms with van der Waals surface area (Å²) in [6.07, 6.45) is 0.990. The van der Waals surface area contributed by atoms with E-state index in [9.17, 15) is 0 Å². The molecule has 0 spiro atoms. The van der Waals surface area contributed by atoms with Crippen LogP contribution in [-0.4, -0.2) is 37.7 Å². The van der Waals surface area contributed by atoms with Crippen LogP contribution >= 0.6 is 11.3 Å². The molecule has 3 nitrogen and oxygen atoms in total. The first-order chi connectivity index (χ1) is 8.24. The minimum atomic E-state index is 0.182. The number of methoxy groups -OCH3 is 1. The van der Waals surface area contributed by atoms with Crippen molar-refractivity contribution in [3.8, 4) is 0 Å². The van der Waals surface area contributed by atoms with E-state index >= 15 is 0 Å². The topological polar surface area (TPSA) is 38.5 Å². The van der Waals surface area contributed by atoms with Gasteiger partial charge in [0.15, 0.2) is 0 Å². The molecule has 1 aromatic rings. The number of hydrogen-bond donors (Lipinski definition) is 1. The Morgan fingerprint density at radius 1 is 1.47 bits per heavy atom. The Hall–Kier alpha value is -0.420. The van der Waals surface area contributed by atoms with Crippen LogP contribution in [0, 0.1) is 0 Å². The number of nitrogens with two attached hydrogens (primary N) is 1. The zero-order valence-corrected chi connectivity index (χ0v) is 11.9. The Morgan fingerprint density at radius 2 is 2.24 bits per heavy atom. The predicted molar refractivity (Wildman–Crippen MR) is 74.4 cm³/mol. The molecule has 0 aliphatic heterocycles. The molecule has 0 aliphatic rings. The van der Waals surface area contributed by atoms with Gasteiger partial charge in [-0.25, -0.2) is 0 Å². The highest BCUT2D eigenvalue weighted by Crippen LogP contribution is 2.26. The van der Waals surface area contributed by atoms with Crippen molar-refractivity contribution in [3.63, 3.8) is 0 Å². The fourth-order valence-electron chi connectivity index (χ4n) is 2.10. The quantitative estimate of drug-likeness (QED) is 0.776. The van der Waals surface area contributed by atoms with E-state index in [4.69, 9.17) is 10.5 Å². The van der Waals surface area contributed by atoms with Gasteiger partial charge in [0.25, 0.3) is 0 Å². The average molecular weight is 256 g/mol. The summed E-state index contributed by atoms with van der Waals surface area (Å²) < 4.78 is 5.18. The van der Waals surface area contributed by atoms with Crippen molar-refractivity contribution in [3.05, 3.63) is 22.4 Å². The van der Waals surface area contributed by atoms with Gasteiger partial charge in [-0.1, -0.05) is 13.8 Å². The van der Waals surface area contributed by atoms with E-state index in [2.05, 4.69) is 35.6 Å². The summed E-state index contributed by atoms with van der Waals surface area (Å²) >= 11 is 1.73. The molecular formula is C13H24N2OS. The summed E-state index contributed by atoms with van der Waals surface area (Å²) in [7, 11) is 1.74. The summed E-state index contributed by atoms with van der Waals surface area (Å²) in [6.45, 7) is 7.01. The van der Waals surface area contributed by atoms with E-state index < -0.39 is 0 Å². The first-order valence-electron chi connectivity index (χ1n) is 6.25. The summed E-state index contributed by atoms with van der Waals surface area (Å²) in [5.74, 6) is 0. The number of rotatable bonds is 8. The molecule has 1 aromatic heterocycles. The molecule has 0 aliphatic carbocycles. The molecule has 4 heteroatoms. The van der Waals surface area contributed by atoms with Crippen LogP contribution in [0.15, 0.2) is 16.8 Å². The Balaban J connectivity index is 2.80. The minimum absolute atomic E-state index is 0.182. The molecule has 2 atom stereocenters. The molecule has 2 N–H and O–H groups in total. The summed E-state index contributed by atoms with van der Waals surface area (Å²) in [4.78, 5) is 2.40. The van der Waals surface area contributed by atoms with E-state index in [1.807, 2.05) is 0 Å². The standard InChI is InChI=1S/C13H24N2OS/c1-4-12(14)13(11-6-9-17-10-11)15(5-2)7-8-16-3/h6,9-10,12-13H,4-5,7-8,14H2,1-3H3. The zero-order valence-electron chi connectivity index (χ0n) is 11.1. The summed E-state index contributed by atoms with van der Waals surface area (Å²) in [6, 6.07) is 2.67. The van der Waals surface area contributed by atoms with E-state index in [1.165, 1.54) is 5.56 Å². The molecule has 0 aromatic carbocycles. The van der Waals surface area contributed by atoms with Gasteiger partial charge in [0.2, 0.25) is 0 Å². The van der Waals surface area contributed by atoms with Crippen molar-refractivity contribution >= 4 is 11.3 Å². The fourth-order valence-corrected chi connectivity index (χ4v) is 2.79. The number of thiophene rings is 1. The number of nitrogens with zero attached hydrogens (tertiary/aromatic N) is 1. The van der Waals surface area contributed by atoms with Crippen molar-refractivity contribution < 1.29 is 4.74 Å². The van der Waals surface area contributed by atoms with Crippen molar-refractivity contribution in [1.29, 1.82) is 0 Å². The van der Waals surface area contributed by atoms with Gasteiger partial charge in [-0.15, -0.1) is 0 Å². The molecule has 1 rings (SSSR count). The first kappa shape index (κ1) is 14.6. The maximum atomic E-state index is 6.28. The van der Waals surface area contributed by atoms with Gasteiger partial charge in [-0.2, -0.15) is 11.3 Å². The van der Waals surface area contributed by atoms with Crippen LogP contribution in [-0.2, 0) is 4.74 Å². The lowest BCUT2D eigenvalue weighted by Gasteiger charge is -2.34. The van der Waals surface area contributed by atoms with E-state index in [1.54, 1.807) is 18.4 Å². The van der Waals surface area contributed by atoms with Gasteiger partial charge < -0.3 is 10.5 Å². The molecule has 17 heavy (non-hydrogen) atoms. The lowest BCUT2D eigenvalue weighted by molar-refractivity contribution is 0.112. The molecule has 0 bridgehead atoms. The molecule has 0 saturated carbocycles. The van der Waals surface area contributed by atoms with Gasteiger partial charge in [0.05, 0.1) is 12.6 Å². The van der Waals surface area contributed by atoms with Crippen LogP contribution < -0.4 is 5.73 Å². The van der Waals surface area contributed by atoms with Gasteiger partial charge >= 0.3 is 0 Å². The Bertz CT molecular complexity index is 290. The van der Waals surface area contributed by atoms with Gasteiger partial charge in [-0.3, -0.25) is 4.90 Å². The monoisotopic (exact) mass is 256 g/mol. The molecule has 0 fully saturated rings. The van der Waals surface area contributed by atoms with Crippen LogP contribution in [0.5, 0.6) is 0 Å². The number of likely N-dealkylation sites (N-methyl/N-ethyl adjacent to an activating group) is 1. The van der Waals surface area contributed by atoms with Crippen LogP contribution in [0.3, 0.4) is 0 Å². The molecule has 2 unspecified atom stereocenters. The predicted octanol–water partition coefficient (Wildman–Crippen LogP) is 2.49. The third kappa shape index (κ3) is 4.07. The Morgan fingerprint density at radius 3 is 2.71 bits per heavy atom. The number of hydrogen-bond acceptors (Lipinski definition) is 4. The Kier molecular flexibility index (Phi) is 6.73. The third-order valence-electron chi connectivity index (χ3n) is 3.14. The molecular weight excluding hydrogens is 232 g/mol. The lowest BCUT2D eigenvalue weighted by Crippen LogP contribution is -2.42. The van der Waals surface area contributed by atoms with Crippen molar-refractivity contribution in [2.75, 3.05) is 26.8 Å². The second-order valence-corrected chi connectivity index (χ2v) is 4.98. The van der Waals surface area contributed by atoms with E-state index in [-0.39, 0.29) is 6.04 Å². The first-order valence-corrected chi connectivity index (χ1v) is 7.19. The third-order valence-corrected chi connectivity index (χ3v) is 3.85. The summed E-state index contributed by atoms with van der Waals surface area (Å²) in [5, 5.41) is 4.32. The largest absolute Gasteiger partial charge is 0.383 e. The maximum Gasteiger partial charge on any atom is 0.0589 e. The lowest BCUT2D eigenvalue weighted by atomic mass is 9.99. The summed E-state index contributed by atoms with van der Waals surface area (Å²) in [5.41, 5.74) is 7.61. The molecule has 1 heterocycles. The van der Waals surface area contributed by atoms with Gasteiger partial charge in [0, 0.05) is 19.7 Å². The molecule has 0 radical (unpaired) electrons. The smallest absolute Gasteiger partial charge is 0.0589 e. The van der Waals surface area contributed by atoms with Crippen molar-refractivity contribution in [2.45, 2.75) is 32.4 Å².